The zero-order chi connectivity index (χ0) is 19.7. The number of hydrogen-bond donors (Lipinski definition) is 2. The number of nitrogens with one attached hydrogen (secondary N) is 2. The van der Waals surface area contributed by atoms with E-state index in [9.17, 15) is 18.4 Å². The van der Waals surface area contributed by atoms with E-state index in [4.69, 9.17) is 0 Å². The van der Waals surface area contributed by atoms with Crippen LogP contribution in [0, 0.1) is 11.6 Å². The van der Waals surface area contributed by atoms with Gasteiger partial charge in [0.25, 0.3) is 5.56 Å². The Bertz CT molecular complexity index is 1220. The molecular formula is C17H11F2N5O2S2. The fourth-order valence-electron chi connectivity index (χ4n) is 2.44. The van der Waals surface area contributed by atoms with Crippen LogP contribution in [0.15, 0.2) is 51.7 Å². The largest absolute Gasteiger partial charge is 0.323 e. The summed E-state index contributed by atoms with van der Waals surface area (Å²) in [7, 11) is 0. The fraction of sp³-hybridized carbons (Fsp3) is 0.0588. The second-order valence-electron chi connectivity index (χ2n) is 5.60. The number of aromatic amines is 1. The number of aromatic nitrogens is 4. The monoisotopic (exact) mass is 419 g/mol. The lowest BCUT2D eigenvalue weighted by atomic mass is 10.3. The summed E-state index contributed by atoms with van der Waals surface area (Å²) in [5.41, 5.74) is 0.245. The first-order valence-corrected chi connectivity index (χ1v) is 9.78. The molecule has 0 fully saturated rings. The highest BCUT2D eigenvalue weighted by molar-refractivity contribution is 7.99. The summed E-state index contributed by atoms with van der Waals surface area (Å²) in [6, 6.07) is 8.18. The molecule has 28 heavy (non-hydrogen) atoms. The number of nitrogens with zero attached hydrogens (tertiary/aromatic N) is 3. The molecule has 0 spiro atoms. The molecule has 0 atom stereocenters. The number of carbonyl (C=O) groups is 1. The first-order chi connectivity index (χ1) is 13.5. The summed E-state index contributed by atoms with van der Waals surface area (Å²) in [5.74, 6) is -2.09. The summed E-state index contributed by atoms with van der Waals surface area (Å²) in [6.45, 7) is 0. The van der Waals surface area contributed by atoms with Crippen molar-refractivity contribution in [3.63, 3.8) is 0 Å². The molecule has 4 rings (SSSR count). The Labute approximate surface area is 164 Å². The normalized spacial score (nSPS) is 11.1. The van der Waals surface area contributed by atoms with Crippen LogP contribution in [-0.4, -0.2) is 31.5 Å². The van der Waals surface area contributed by atoms with Crippen molar-refractivity contribution in [1.82, 2.24) is 19.8 Å². The summed E-state index contributed by atoms with van der Waals surface area (Å²) < 4.78 is 28.2. The van der Waals surface area contributed by atoms with Gasteiger partial charge in [0.2, 0.25) is 11.1 Å². The Kier molecular flexibility index (Phi) is 4.92. The summed E-state index contributed by atoms with van der Waals surface area (Å²) >= 11 is 2.48. The molecule has 3 heterocycles. The van der Waals surface area contributed by atoms with Gasteiger partial charge >= 0.3 is 0 Å². The van der Waals surface area contributed by atoms with Gasteiger partial charge in [-0.1, -0.05) is 17.8 Å². The lowest BCUT2D eigenvalue weighted by Gasteiger charge is -2.06. The van der Waals surface area contributed by atoms with E-state index in [0.29, 0.717) is 5.69 Å². The molecule has 2 N–H and O–H groups in total. The SMILES string of the molecule is O=C(CSc1n[nH]c(=O)c2cc(-c3cccs3)nn12)Nc1cc(F)ccc1F. The van der Waals surface area contributed by atoms with Crippen LogP contribution < -0.4 is 10.9 Å². The number of amides is 1. The van der Waals surface area contributed by atoms with Crippen LogP contribution in [0.25, 0.3) is 16.1 Å². The molecule has 142 valence electrons. The lowest BCUT2D eigenvalue weighted by molar-refractivity contribution is -0.113. The second kappa shape index (κ2) is 7.52. The van der Waals surface area contributed by atoms with Gasteiger partial charge in [0.05, 0.1) is 16.3 Å². The molecule has 0 saturated heterocycles. The third-order valence-electron chi connectivity index (χ3n) is 3.68. The third kappa shape index (κ3) is 3.66. The Morgan fingerprint density at radius 1 is 1.29 bits per heavy atom. The molecule has 0 aliphatic heterocycles. The second-order valence-corrected chi connectivity index (χ2v) is 7.49. The number of halogens is 2. The number of anilines is 1. The van der Waals surface area contributed by atoms with Gasteiger partial charge in [-0.05, 0) is 29.6 Å². The first kappa shape index (κ1) is 18.3. The molecule has 0 bridgehead atoms. The van der Waals surface area contributed by atoms with Crippen molar-refractivity contribution in [2.75, 3.05) is 11.1 Å². The minimum atomic E-state index is -0.739. The van der Waals surface area contributed by atoms with E-state index in [2.05, 4.69) is 20.6 Å². The van der Waals surface area contributed by atoms with E-state index < -0.39 is 23.1 Å². The number of carbonyl (C=O) groups excluding carboxylic acids is 1. The van der Waals surface area contributed by atoms with E-state index in [0.717, 1.165) is 34.8 Å². The number of fused-ring (bicyclic) bond motifs is 1. The van der Waals surface area contributed by atoms with Gasteiger partial charge in [-0.15, -0.1) is 16.4 Å². The number of benzene rings is 1. The zero-order valence-corrected chi connectivity index (χ0v) is 15.6. The highest BCUT2D eigenvalue weighted by atomic mass is 32.2. The molecule has 11 heteroatoms. The van der Waals surface area contributed by atoms with Crippen LogP contribution in [-0.2, 0) is 4.79 Å². The smallest absolute Gasteiger partial charge is 0.290 e. The first-order valence-electron chi connectivity index (χ1n) is 7.91. The Hall–Kier alpha value is -3.05. The van der Waals surface area contributed by atoms with E-state index in [-0.39, 0.29) is 22.1 Å². The summed E-state index contributed by atoms with van der Waals surface area (Å²) in [5, 5.41) is 15.2. The molecule has 3 aromatic heterocycles. The molecule has 0 aliphatic rings. The molecule has 0 aliphatic carbocycles. The van der Waals surface area contributed by atoms with E-state index in [1.165, 1.54) is 15.9 Å². The van der Waals surface area contributed by atoms with Crippen LogP contribution in [0.1, 0.15) is 0 Å². The quantitative estimate of drug-likeness (QED) is 0.485. The predicted octanol–water partition coefficient (Wildman–Crippen LogP) is 3.16. The number of thiophene rings is 1. The van der Waals surface area contributed by atoms with Gasteiger partial charge in [0.1, 0.15) is 22.8 Å². The molecule has 1 amide bonds. The predicted molar refractivity (Wildman–Crippen MR) is 103 cm³/mol. The maximum absolute atomic E-state index is 13.6. The maximum Gasteiger partial charge on any atom is 0.290 e. The van der Waals surface area contributed by atoms with E-state index in [1.807, 2.05) is 17.5 Å². The molecule has 7 nitrogen and oxygen atoms in total. The van der Waals surface area contributed by atoms with Gasteiger partial charge in [0, 0.05) is 6.07 Å². The average molecular weight is 419 g/mol. The highest BCUT2D eigenvalue weighted by Gasteiger charge is 2.15. The van der Waals surface area contributed by atoms with Crippen LogP contribution in [0.4, 0.5) is 14.5 Å². The molecule has 0 saturated carbocycles. The van der Waals surface area contributed by atoms with E-state index in [1.54, 1.807) is 6.07 Å². The maximum atomic E-state index is 13.6. The fourth-order valence-corrected chi connectivity index (χ4v) is 3.83. The highest BCUT2D eigenvalue weighted by Crippen LogP contribution is 2.25. The van der Waals surface area contributed by atoms with Crippen molar-refractivity contribution in [2.24, 2.45) is 0 Å². The number of thioether (sulfide) groups is 1. The molecule has 0 unspecified atom stereocenters. The Balaban J connectivity index is 1.55. The summed E-state index contributed by atoms with van der Waals surface area (Å²) in [4.78, 5) is 25.0. The van der Waals surface area contributed by atoms with Crippen LogP contribution >= 0.6 is 23.1 Å². The van der Waals surface area contributed by atoms with Crippen LogP contribution in [0.3, 0.4) is 0 Å². The molecule has 4 aromatic rings. The standard InChI is InChI=1S/C17H11F2N5O2S2/c18-9-3-4-10(19)11(6-9)20-15(25)8-28-17-22-21-16(26)13-7-12(23-24(13)17)14-2-1-5-27-14/h1-7H,8H2,(H,20,25)(H,21,26). The van der Waals surface area contributed by atoms with Crippen molar-refractivity contribution >= 4 is 40.2 Å². The topological polar surface area (TPSA) is 92.2 Å². The Morgan fingerprint density at radius 2 is 2.14 bits per heavy atom. The lowest BCUT2D eigenvalue weighted by Crippen LogP contribution is -2.17. The van der Waals surface area contributed by atoms with Crippen LogP contribution in [0.5, 0.6) is 0 Å². The van der Waals surface area contributed by atoms with Gasteiger partial charge in [-0.2, -0.15) is 5.10 Å². The minimum absolute atomic E-state index is 0.141. The minimum Gasteiger partial charge on any atom is -0.323 e. The molecular weight excluding hydrogens is 408 g/mol. The molecule has 1 aromatic carbocycles. The summed E-state index contributed by atoms with van der Waals surface area (Å²) in [6.07, 6.45) is 0. The zero-order valence-electron chi connectivity index (χ0n) is 14.0. The van der Waals surface area contributed by atoms with Gasteiger partial charge in [-0.25, -0.2) is 18.4 Å². The molecule has 0 radical (unpaired) electrons. The van der Waals surface area contributed by atoms with Crippen LogP contribution in [0.2, 0.25) is 0 Å². The number of hydrogen-bond acceptors (Lipinski definition) is 6. The van der Waals surface area contributed by atoms with Crippen molar-refractivity contribution in [1.29, 1.82) is 0 Å². The van der Waals surface area contributed by atoms with Gasteiger partial charge in [-0.3, -0.25) is 9.59 Å². The van der Waals surface area contributed by atoms with E-state index >= 15 is 0 Å². The van der Waals surface area contributed by atoms with Crippen molar-refractivity contribution < 1.29 is 13.6 Å². The average Bonchev–Trinajstić information content (AvgIpc) is 3.34. The van der Waals surface area contributed by atoms with Gasteiger partial charge in [0.15, 0.2) is 0 Å². The van der Waals surface area contributed by atoms with Gasteiger partial charge < -0.3 is 5.32 Å². The van der Waals surface area contributed by atoms with Crippen molar-refractivity contribution in [3.05, 3.63) is 63.8 Å². The third-order valence-corrected chi connectivity index (χ3v) is 5.51. The van der Waals surface area contributed by atoms with Crippen molar-refractivity contribution in [3.8, 4) is 10.6 Å². The number of rotatable bonds is 5. The number of H-pyrrole nitrogens is 1. The Morgan fingerprint density at radius 3 is 2.93 bits per heavy atom. The van der Waals surface area contributed by atoms with Crippen molar-refractivity contribution in [2.45, 2.75) is 5.16 Å².